The van der Waals surface area contributed by atoms with E-state index in [1.807, 2.05) is 13.0 Å². The predicted molar refractivity (Wildman–Crippen MR) is 75.9 cm³/mol. The molecule has 0 amide bonds. The highest BCUT2D eigenvalue weighted by Crippen LogP contribution is 2.21. The average Bonchev–Trinajstić information content (AvgIpc) is 2.86. The van der Waals surface area contributed by atoms with Crippen LogP contribution in [0.2, 0.25) is 0 Å². The zero-order valence-corrected chi connectivity index (χ0v) is 12.3. The molecule has 6 nitrogen and oxygen atoms in total. The number of benzene rings is 1. The number of rotatable bonds is 5. The molecule has 0 aliphatic carbocycles. The maximum atomic E-state index is 11.6. The van der Waals surface area contributed by atoms with Crippen molar-refractivity contribution < 1.29 is 8.42 Å². The van der Waals surface area contributed by atoms with Gasteiger partial charge in [-0.3, -0.25) is 0 Å². The van der Waals surface area contributed by atoms with Gasteiger partial charge in [-0.05, 0) is 24.1 Å². The molecule has 0 saturated heterocycles. The van der Waals surface area contributed by atoms with Crippen LogP contribution in [0.1, 0.15) is 30.6 Å². The third-order valence-electron chi connectivity index (χ3n) is 3.05. The van der Waals surface area contributed by atoms with E-state index < -0.39 is 15.9 Å². The number of hydrogen-bond acceptors (Lipinski definition) is 5. The van der Waals surface area contributed by atoms with Gasteiger partial charge in [-0.2, -0.15) is 0 Å². The fraction of sp³-hybridized carbons (Fsp3) is 0.385. The van der Waals surface area contributed by atoms with Gasteiger partial charge < -0.3 is 5.73 Å². The molecule has 20 heavy (non-hydrogen) atoms. The summed E-state index contributed by atoms with van der Waals surface area (Å²) in [7, 11) is -3.24. The molecule has 0 spiro atoms. The molecule has 0 fully saturated rings. The largest absolute Gasteiger partial charge is 0.319 e. The van der Waals surface area contributed by atoms with Crippen molar-refractivity contribution in [2.75, 3.05) is 6.26 Å². The third-order valence-corrected chi connectivity index (χ3v) is 4.16. The summed E-state index contributed by atoms with van der Waals surface area (Å²) in [6.07, 6.45) is 3.72. The Hall–Kier alpha value is -1.73. The van der Waals surface area contributed by atoms with Gasteiger partial charge in [-0.1, -0.05) is 24.3 Å². The number of hydrogen-bond donors (Lipinski definition) is 1. The standard InChI is InChI=1S/C13H18N4O2S/c1-3-7-17-12(9-15-16-17)13(14)10-5-4-6-11(8-10)20(2,18)19/h4-6,8-9,13H,3,7,14H2,1-2H3. The lowest BCUT2D eigenvalue weighted by Crippen LogP contribution is -2.18. The highest BCUT2D eigenvalue weighted by atomic mass is 32.2. The fourth-order valence-electron chi connectivity index (χ4n) is 2.00. The van der Waals surface area contributed by atoms with Crippen LogP contribution in [0.5, 0.6) is 0 Å². The highest BCUT2D eigenvalue weighted by molar-refractivity contribution is 7.90. The van der Waals surface area contributed by atoms with Crippen LogP contribution < -0.4 is 5.73 Å². The third kappa shape index (κ3) is 3.05. The van der Waals surface area contributed by atoms with Crippen molar-refractivity contribution in [2.45, 2.75) is 30.8 Å². The summed E-state index contributed by atoms with van der Waals surface area (Å²) in [5.41, 5.74) is 7.71. The van der Waals surface area contributed by atoms with Gasteiger partial charge in [0.15, 0.2) is 9.84 Å². The molecule has 0 bridgehead atoms. The second-order valence-electron chi connectivity index (χ2n) is 4.70. The van der Waals surface area contributed by atoms with Crippen LogP contribution in [-0.4, -0.2) is 29.7 Å². The van der Waals surface area contributed by atoms with E-state index in [1.165, 1.54) is 6.26 Å². The monoisotopic (exact) mass is 294 g/mol. The Labute approximate surface area is 118 Å². The molecule has 2 N–H and O–H groups in total. The molecule has 1 atom stereocenters. The van der Waals surface area contributed by atoms with Crippen molar-refractivity contribution in [2.24, 2.45) is 5.73 Å². The van der Waals surface area contributed by atoms with Gasteiger partial charge in [0.1, 0.15) is 0 Å². The van der Waals surface area contributed by atoms with Gasteiger partial charge in [0.05, 0.1) is 22.8 Å². The first-order chi connectivity index (χ1) is 9.43. The maximum absolute atomic E-state index is 11.6. The maximum Gasteiger partial charge on any atom is 0.175 e. The van der Waals surface area contributed by atoms with Gasteiger partial charge in [-0.25, -0.2) is 13.1 Å². The second-order valence-corrected chi connectivity index (χ2v) is 6.72. The van der Waals surface area contributed by atoms with E-state index in [9.17, 15) is 8.42 Å². The quantitative estimate of drug-likeness (QED) is 0.893. The Balaban J connectivity index is 2.38. The van der Waals surface area contributed by atoms with E-state index in [0.717, 1.165) is 24.2 Å². The number of aromatic nitrogens is 3. The minimum absolute atomic E-state index is 0.264. The average molecular weight is 294 g/mol. The zero-order chi connectivity index (χ0) is 14.8. The van der Waals surface area contributed by atoms with Crippen molar-refractivity contribution in [3.8, 4) is 0 Å². The Morgan fingerprint density at radius 1 is 1.40 bits per heavy atom. The molecular formula is C13H18N4O2S. The van der Waals surface area contributed by atoms with Gasteiger partial charge in [-0.15, -0.1) is 5.10 Å². The first kappa shape index (κ1) is 14.7. The Bertz CT molecular complexity index is 694. The van der Waals surface area contributed by atoms with Crippen molar-refractivity contribution in [1.29, 1.82) is 0 Å². The van der Waals surface area contributed by atoms with Crippen LogP contribution in [0.15, 0.2) is 35.4 Å². The van der Waals surface area contributed by atoms with Crippen LogP contribution in [0.4, 0.5) is 0 Å². The number of sulfone groups is 1. The minimum Gasteiger partial charge on any atom is -0.319 e. The lowest BCUT2D eigenvalue weighted by molar-refractivity contribution is 0.543. The minimum atomic E-state index is -3.24. The molecule has 1 aromatic carbocycles. The first-order valence-corrected chi connectivity index (χ1v) is 8.26. The Morgan fingerprint density at radius 3 is 2.80 bits per heavy atom. The molecular weight excluding hydrogens is 276 g/mol. The van der Waals surface area contributed by atoms with Crippen LogP contribution >= 0.6 is 0 Å². The summed E-state index contributed by atoms with van der Waals surface area (Å²) in [5.74, 6) is 0. The van der Waals surface area contributed by atoms with Gasteiger partial charge in [0.2, 0.25) is 0 Å². The van der Waals surface area contributed by atoms with Gasteiger partial charge >= 0.3 is 0 Å². The second kappa shape index (κ2) is 5.72. The van der Waals surface area contributed by atoms with Crippen LogP contribution in [0.3, 0.4) is 0 Å². The fourth-order valence-corrected chi connectivity index (χ4v) is 2.68. The summed E-state index contributed by atoms with van der Waals surface area (Å²) < 4.78 is 24.9. The van der Waals surface area contributed by atoms with E-state index in [0.29, 0.717) is 0 Å². The summed E-state index contributed by atoms with van der Waals surface area (Å²) in [6, 6.07) is 6.22. The SMILES string of the molecule is CCCn1nncc1C(N)c1cccc(S(C)(=O)=O)c1. The molecule has 0 aliphatic heterocycles. The smallest absolute Gasteiger partial charge is 0.175 e. The van der Waals surface area contributed by atoms with Crippen LogP contribution in [0, 0.1) is 0 Å². The summed E-state index contributed by atoms with van der Waals surface area (Å²) in [4.78, 5) is 0.264. The highest BCUT2D eigenvalue weighted by Gasteiger charge is 2.16. The zero-order valence-electron chi connectivity index (χ0n) is 11.5. The topological polar surface area (TPSA) is 90.9 Å². The van der Waals surface area contributed by atoms with E-state index in [1.54, 1.807) is 29.1 Å². The van der Waals surface area contributed by atoms with E-state index in [2.05, 4.69) is 10.3 Å². The van der Waals surface area contributed by atoms with Gasteiger partial charge in [0, 0.05) is 12.8 Å². The summed E-state index contributed by atoms with van der Waals surface area (Å²) in [6.45, 7) is 2.77. The number of aryl methyl sites for hydroxylation is 1. The van der Waals surface area contributed by atoms with E-state index in [-0.39, 0.29) is 4.90 Å². The molecule has 7 heteroatoms. The Morgan fingerprint density at radius 2 is 2.15 bits per heavy atom. The van der Waals surface area contributed by atoms with Crippen molar-refractivity contribution in [3.63, 3.8) is 0 Å². The lowest BCUT2D eigenvalue weighted by Gasteiger charge is -2.14. The molecule has 1 heterocycles. The lowest BCUT2D eigenvalue weighted by atomic mass is 10.1. The molecule has 0 saturated carbocycles. The molecule has 2 rings (SSSR count). The molecule has 0 aliphatic rings. The molecule has 1 aromatic heterocycles. The summed E-state index contributed by atoms with van der Waals surface area (Å²) in [5, 5.41) is 7.87. The molecule has 1 unspecified atom stereocenters. The molecule has 0 radical (unpaired) electrons. The van der Waals surface area contributed by atoms with E-state index in [4.69, 9.17) is 5.73 Å². The molecule has 108 valence electrons. The van der Waals surface area contributed by atoms with Crippen LogP contribution in [0.25, 0.3) is 0 Å². The Kier molecular flexibility index (Phi) is 4.20. The van der Waals surface area contributed by atoms with Gasteiger partial charge in [0.25, 0.3) is 0 Å². The summed E-state index contributed by atoms with van der Waals surface area (Å²) >= 11 is 0. The number of nitrogens with two attached hydrogens (primary N) is 1. The van der Waals surface area contributed by atoms with Crippen molar-refractivity contribution in [3.05, 3.63) is 41.7 Å². The van der Waals surface area contributed by atoms with E-state index >= 15 is 0 Å². The van der Waals surface area contributed by atoms with Crippen LogP contribution in [-0.2, 0) is 16.4 Å². The van der Waals surface area contributed by atoms with Crippen molar-refractivity contribution >= 4 is 9.84 Å². The first-order valence-electron chi connectivity index (χ1n) is 6.37. The molecule has 2 aromatic rings. The normalized spacial score (nSPS) is 13.3. The predicted octanol–water partition coefficient (Wildman–Crippen LogP) is 1.14. The number of nitrogens with zero attached hydrogens (tertiary/aromatic N) is 3. The van der Waals surface area contributed by atoms with Crippen molar-refractivity contribution in [1.82, 2.24) is 15.0 Å².